The Kier molecular flexibility index (Phi) is 4.67. The van der Waals surface area contributed by atoms with Gasteiger partial charge in [0.25, 0.3) is 0 Å². The summed E-state index contributed by atoms with van der Waals surface area (Å²) < 4.78 is 1.28. The summed E-state index contributed by atoms with van der Waals surface area (Å²) in [6.07, 6.45) is 3.41. The van der Waals surface area contributed by atoms with Gasteiger partial charge in [-0.25, -0.2) is 4.98 Å². The van der Waals surface area contributed by atoms with E-state index in [4.69, 9.17) is 9.82 Å². The van der Waals surface area contributed by atoms with Crippen LogP contribution in [0.25, 0.3) is 10.2 Å². The summed E-state index contributed by atoms with van der Waals surface area (Å²) in [4.78, 5) is 15.3. The normalized spacial score (nSPS) is 22.5. The maximum Gasteiger partial charge on any atom is 0.186 e. The summed E-state index contributed by atoms with van der Waals surface area (Å²) in [5.74, 6) is 0. The van der Waals surface area contributed by atoms with Gasteiger partial charge in [0, 0.05) is 39.1 Å². The molecule has 0 radical (unpaired) electrons. The van der Waals surface area contributed by atoms with E-state index in [1.54, 1.807) is 11.3 Å². The molecular weight excluding hydrogens is 320 g/mol. The molecule has 3 heterocycles. The molecule has 24 heavy (non-hydrogen) atoms. The van der Waals surface area contributed by atoms with E-state index in [0.29, 0.717) is 0 Å². The van der Waals surface area contributed by atoms with Crippen LogP contribution in [0.1, 0.15) is 26.2 Å². The van der Waals surface area contributed by atoms with Gasteiger partial charge in [-0.05, 0) is 25.0 Å². The van der Waals surface area contributed by atoms with E-state index in [-0.39, 0.29) is 6.10 Å². The molecule has 1 aromatic heterocycles. The van der Waals surface area contributed by atoms with Crippen LogP contribution in [0.15, 0.2) is 29.4 Å². The Morgan fingerprint density at radius 3 is 2.96 bits per heavy atom. The maximum absolute atomic E-state index is 5.57. The Labute approximate surface area is 146 Å². The zero-order chi connectivity index (χ0) is 16.4. The van der Waals surface area contributed by atoms with Crippen LogP contribution < -0.4 is 4.90 Å². The highest BCUT2D eigenvalue weighted by atomic mass is 32.1. The number of anilines is 1. The molecule has 2 aromatic rings. The SMILES string of the molecule is CCC1=NO[C@H](CN2CCCN(c3nc4ccccc4s3)CC2)C1. The molecule has 0 amide bonds. The topological polar surface area (TPSA) is 41.0 Å². The Morgan fingerprint density at radius 2 is 2.12 bits per heavy atom. The molecule has 1 atom stereocenters. The highest BCUT2D eigenvalue weighted by Crippen LogP contribution is 2.29. The fourth-order valence-electron chi connectivity index (χ4n) is 3.42. The van der Waals surface area contributed by atoms with Crippen LogP contribution in [-0.2, 0) is 4.84 Å². The summed E-state index contributed by atoms with van der Waals surface area (Å²) in [5, 5.41) is 5.34. The van der Waals surface area contributed by atoms with Crippen LogP contribution in [0, 0.1) is 0 Å². The summed E-state index contributed by atoms with van der Waals surface area (Å²) in [7, 11) is 0. The lowest BCUT2D eigenvalue weighted by molar-refractivity contribution is 0.0544. The van der Waals surface area contributed by atoms with Crippen LogP contribution in [0.3, 0.4) is 0 Å². The summed E-state index contributed by atoms with van der Waals surface area (Å²) in [6.45, 7) is 7.44. The van der Waals surface area contributed by atoms with Crippen LogP contribution in [-0.4, -0.2) is 54.4 Å². The molecule has 0 saturated carbocycles. The molecule has 5 nitrogen and oxygen atoms in total. The molecule has 1 fully saturated rings. The summed E-state index contributed by atoms with van der Waals surface area (Å²) in [5.41, 5.74) is 2.31. The van der Waals surface area contributed by atoms with E-state index in [0.717, 1.165) is 56.2 Å². The van der Waals surface area contributed by atoms with Gasteiger partial charge in [-0.2, -0.15) is 0 Å². The largest absolute Gasteiger partial charge is 0.391 e. The minimum absolute atomic E-state index is 0.244. The lowest BCUT2D eigenvalue weighted by atomic mass is 10.1. The van der Waals surface area contributed by atoms with Crippen molar-refractivity contribution in [3.8, 4) is 0 Å². The van der Waals surface area contributed by atoms with Crippen molar-refractivity contribution in [2.75, 3.05) is 37.6 Å². The van der Waals surface area contributed by atoms with Crippen LogP contribution in [0.5, 0.6) is 0 Å². The Hall–Kier alpha value is -1.66. The second-order valence-electron chi connectivity index (χ2n) is 6.55. The monoisotopic (exact) mass is 344 g/mol. The number of para-hydroxylation sites is 1. The van der Waals surface area contributed by atoms with Crippen molar-refractivity contribution in [1.29, 1.82) is 0 Å². The number of hydrogen-bond acceptors (Lipinski definition) is 6. The second kappa shape index (κ2) is 7.07. The van der Waals surface area contributed by atoms with Crippen molar-refractivity contribution < 1.29 is 4.84 Å². The molecular formula is C18H24N4OS. The van der Waals surface area contributed by atoms with Crippen LogP contribution in [0.2, 0.25) is 0 Å². The smallest absolute Gasteiger partial charge is 0.186 e. The molecule has 0 N–H and O–H groups in total. The average Bonchev–Trinajstić information content (AvgIpc) is 3.17. The Morgan fingerprint density at radius 1 is 1.21 bits per heavy atom. The van der Waals surface area contributed by atoms with Gasteiger partial charge in [-0.15, -0.1) is 0 Å². The molecule has 2 aliphatic rings. The zero-order valence-electron chi connectivity index (χ0n) is 14.1. The first-order valence-corrected chi connectivity index (χ1v) is 9.68. The first kappa shape index (κ1) is 15.8. The van der Waals surface area contributed by atoms with E-state index in [9.17, 15) is 0 Å². The van der Waals surface area contributed by atoms with Crippen molar-refractivity contribution >= 4 is 32.4 Å². The molecule has 1 aromatic carbocycles. The highest BCUT2D eigenvalue weighted by molar-refractivity contribution is 7.22. The number of hydrogen-bond donors (Lipinski definition) is 0. The van der Waals surface area contributed by atoms with Gasteiger partial charge < -0.3 is 9.74 Å². The maximum atomic E-state index is 5.57. The first-order valence-electron chi connectivity index (χ1n) is 8.86. The van der Waals surface area contributed by atoms with E-state index < -0.39 is 0 Å². The van der Waals surface area contributed by atoms with Crippen LogP contribution in [0.4, 0.5) is 5.13 Å². The van der Waals surface area contributed by atoms with Crippen LogP contribution >= 0.6 is 11.3 Å². The number of thiazole rings is 1. The van der Waals surface area contributed by atoms with E-state index in [1.807, 2.05) is 0 Å². The molecule has 0 unspecified atom stereocenters. The van der Waals surface area contributed by atoms with Crippen molar-refractivity contribution in [2.45, 2.75) is 32.3 Å². The molecule has 0 bridgehead atoms. The lowest BCUT2D eigenvalue weighted by Crippen LogP contribution is -2.36. The summed E-state index contributed by atoms with van der Waals surface area (Å²) >= 11 is 1.80. The quantitative estimate of drug-likeness (QED) is 0.853. The third-order valence-corrected chi connectivity index (χ3v) is 5.90. The molecule has 4 rings (SSSR count). The number of nitrogens with zero attached hydrogens (tertiary/aromatic N) is 4. The molecule has 1 saturated heterocycles. The average molecular weight is 344 g/mol. The molecule has 2 aliphatic heterocycles. The molecule has 128 valence electrons. The van der Waals surface area contributed by atoms with Crippen molar-refractivity contribution in [3.05, 3.63) is 24.3 Å². The first-order chi connectivity index (χ1) is 11.8. The van der Waals surface area contributed by atoms with Gasteiger partial charge in [-0.1, -0.05) is 35.5 Å². The summed E-state index contributed by atoms with van der Waals surface area (Å²) in [6, 6.07) is 8.40. The van der Waals surface area contributed by atoms with Gasteiger partial charge in [-0.3, -0.25) is 4.90 Å². The molecule has 0 spiro atoms. The van der Waals surface area contributed by atoms with Gasteiger partial charge in [0.15, 0.2) is 5.13 Å². The predicted octanol–water partition coefficient (Wildman–Crippen LogP) is 3.36. The van der Waals surface area contributed by atoms with Gasteiger partial charge in [0.1, 0.15) is 6.10 Å². The van der Waals surface area contributed by atoms with E-state index >= 15 is 0 Å². The van der Waals surface area contributed by atoms with Gasteiger partial charge in [0.2, 0.25) is 0 Å². The Bertz CT molecular complexity index is 696. The number of aromatic nitrogens is 1. The number of oxime groups is 1. The predicted molar refractivity (Wildman–Crippen MR) is 100 cm³/mol. The zero-order valence-corrected chi connectivity index (χ0v) is 15.0. The third-order valence-electron chi connectivity index (χ3n) is 4.81. The minimum Gasteiger partial charge on any atom is -0.391 e. The fraction of sp³-hybridized carbons (Fsp3) is 0.556. The number of fused-ring (bicyclic) bond motifs is 1. The van der Waals surface area contributed by atoms with Gasteiger partial charge >= 0.3 is 0 Å². The molecule has 6 heteroatoms. The fourth-order valence-corrected chi connectivity index (χ4v) is 4.44. The van der Waals surface area contributed by atoms with E-state index in [1.165, 1.54) is 16.8 Å². The highest BCUT2D eigenvalue weighted by Gasteiger charge is 2.24. The number of benzene rings is 1. The lowest BCUT2D eigenvalue weighted by Gasteiger charge is -2.23. The number of rotatable bonds is 4. The van der Waals surface area contributed by atoms with Gasteiger partial charge in [0.05, 0.1) is 15.9 Å². The van der Waals surface area contributed by atoms with E-state index in [2.05, 4.69) is 46.1 Å². The van der Waals surface area contributed by atoms with Crippen molar-refractivity contribution in [1.82, 2.24) is 9.88 Å². The standard InChI is InChI=1S/C18H24N4OS/c1-2-14-12-15(23-20-14)13-21-8-5-9-22(11-10-21)18-19-16-6-3-4-7-17(16)24-18/h3-4,6-7,15H,2,5,8-13H2,1H3/t15-/m0/s1. The van der Waals surface area contributed by atoms with Crippen molar-refractivity contribution in [3.63, 3.8) is 0 Å². The minimum atomic E-state index is 0.244. The third kappa shape index (κ3) is 3.39. The Balaban J connectivity index is 1.36. The molecule has 0 aliphatic carbocycles. The van der Waals surface area contributed by atoms with Crippen molar-refractivity contribution in [2.24, 2.45) is 5.16 Å². The second-order valence-corrected chi connectivity index (χ2v) is 7.56.